The number of carbonyl (C=O) groups excluding carboxylic acids is 7. The van der Waals surface area contributed by atoms with Gasteiger partial charge < -0.3 is 68.9 Å². The number of Topliss-reactive ketones (excluding diaryl/α,β-unsaturated/α-hetero) is 1. The van der Waals surface area contributed by atoms with Crippen molar-refractivity contribution in [1.82, 2.24) is 36.2 Å². The fourth-order valence-corrected chi connectivity index (χ4v) is 16.3. The second-order valence-electron chi connectivity index (χ2n) is 39.2. The molecule has 7 aromatic carbocycles. The van der Waals surface area contributed by atoms with Gasteiger partial charge in [-0.1, -0.05) is 218 Å². The van der Waals surface area contributed by atoms with Crippen LogP contribution in [0.5, 0.6) is 0 Å². The third-order valence-corrected chi connectivity index (χ3v) is 24.0. The van der Waals surface area contributed by atoms with Crippen molar-refractivity contribution in [2.24, 2.45) is 0 Å². The van der Waals surface area contributed by atoms with Crippen molar-refractivity contribution >= 4 is 140 Å². The number of alkyl carbamates (subject to hydrolysis) is 4. The third-order valence-electron chi connectivity index (χ3n) is 22.9. The van der Waals surface area contributed by atoms with Crippen molar-refractivity contribution in [2.45, 2.75) is 283 Å². The Morgan fingerprint density at radius 1 is 0.449 bits per heavy atom. The number of aromatic nitrogens is 3. The van der Waals surface area contributed by atoms with E-state index in [9.17, 15) is 43.5 Å². The molecule has 0 saturated heterocycles. The van der Waals surface area contributed by atoms with Crippen molar-refractivity contribution < 1.29 is 79.6 Å². The van der Waals surface area contributed by atoms with Crippen LogP contribution in [0, 0.1) is 13.0 Å². The number of hydrogen-bond donors (Lipinski definition) is 6. The van der Waals surface area contributed by atoms with Gasteiger partial charge in [0.15, 0.2) is 17.8 Å². The standard InChI is InChI=1S/C29H28ClN3O2.C23H27NO3.C16H20N2O2.C15H20ClNO2.C11H13ClN2O3.C11H11ClO2.C3H7.CH4.ClH.Mg/c1-28(2,3)35-27(34)33-29(15-7-16-29)21-12-10-20(11-13-21)25-22(19-8-5-4-6-9-19)18-23-24(32-25)14-17-31-26(23)30;1-22(2,3)27-21(26)24-23(14-7-15-23)19-12-10-18(11-13-19)20(25)16-17-8-5-4-6-9-17;1-15(2,3)20-14(19)18-16(10-5-11-16)12-6-8-13(17-4)9-7-12;1-14(2,3)19-13(18)17-15(9-4-10-15)11-5-7-12(16)8-6-11;1-11(2,3)17-10(16)14-8-4-5-13-9(12)7(8)6-15;12-9-4-2-8(3-5-9)11(10(13)14)6-1-7-11;1-3-2;;;/h4-6,8-14,17-18H,7,15-16H2,1-3H3,(H,33,34);4-6,8-13H,7,14-16H2,1-3H3,(H,24,26);6-9H,5,10-11H2,1-3H3,(H,18,19);5-8H,4,9-10H2,1-3H3,(H,17,18);4-6H,1-3H3,(H,13,14,16);2-5H,1,6-7H2,(H,13,14);3H,1-2H3;1H4;1H;/q;;;;;;-1;;;+2/p-1. The zero-order valence-electron chi connectivity index (χ0n) is 81.3. The van der Waals surface area contributed by atoms with Crippen LogP contribution in [0.1, 0.15) is 276 Å². The zero-order chi connectivity index (χ0) is 99.0. The van der Waals surface area contributed by atoms with Crippen LogP contribution in [0.3, 0.4) is 0 Å². The van der Waals surface area contributed by atoms with E-state index in [2.05, 4.69) is 83.9 Å². The van der Waals surface area contributed by atoms with Crippen LogP contribution in [0.15, 0.2) is 213 Å². The van der Waals surface area contributed by atoms with E-state index in [0.29, 0.717) is 39.2 Å². The number of hydrogen-bond acceptors (Lipinski definition) is 16. The van der Waals surface area contributed by atoms with Gasteiger partial charge in [0.2, 0.25) is 0 Å². The first-order valence-corrected chi connectivity index (χ1v) is 47.0. The van der Waals surface area contributed by atoms with Crippen LogP contribution in [-0.2, 0) is 62.5 Å². The van der Waals surface area contributed by atoms with E-state index in [-0.39, 0.29) is 106 Å². The SMILES string of the molecule is C.CC(C)(C)OC(=O)NC1(c2ccc(-c3nc4ccnc(Cl)c4cc3-c3ccccc3)cc2)CCC1.CC(C)(C)OC(=O)NC1(c2ccc(C(=O)Cc3ccccc3)cc2)CCC1.CC(C)(C)OC(=O)NC1(c2ccc(Cl)cc2)CCC1.CC(C)(C)OC(=O)Nc1ccnc(Cl)c1C=O.C[CH-]C.O=C(O)C1(c2ccc(Cl)cc2)CCC1.[C-]#[N+]c1ccc(C2(NC(=O)OC(C)(C)C)CCC2)cc1.[Cl-].[Mg+2]. The van der Waals surface area contributed by atoms with Gasteiger partial charge in [-0.05, 0) is 275 Å². The van der Waals surface area contributed by atoms with Gasteiger partial charge in [-0.25, -0.2) is 43.8 Å². The number of aliphatic carboxylic acids is 1. The fraction of sp³-hybridized carbons (Fsp3) is 0.404. The van der Waals surface area contributed by atoms with Crippen molar-refractivity contribution in [3.05, 3.63) is 295 Å². The number of fused-ring (bicyclic) bond motifs is 1. The van der Waals surface area contributed by atoms with E-state index in [1.165, 1.54) is 12.3 Å². The van der Waals surface area contributed by atoms with E-state index in [4.69, 9.17) is 81.6 Å². The molecule has 5 fully saturated rings. The summed E-state index contributed by atoms with van der Waals surface area (Å²) in [6.07, 6.45) is 17.8. The Morgan fingerprint density at radius 2 is 0.790 bits per heavy atom. The van der Waals surface area contributed by atoms with E-state index < -0.39 is 51.6 Å². The second kappa shape index (κ2) is 50.8. The molecule has 6 N–H and O–H groups in total. The monoisotopic (exact) mass is 1990 g/mol. The summed E-state index contributed by atoms with van der Waals surface area (Å²) < 4.78 is 26.7. The first kappa shape index (κ1) is 116. The summed E-state index contributed by atoms with van der Waals surface area (Å²) in [7, 11) is 0. The van der Waals surface area contributed by atoms with E-state index >= 15 is 0 Å². The van der Waals surface area contributed by atoms with Crippen LogP contribution in [0.25, 0.3) is 38.1 Å². The maximum absolute atomic E-state index is 12.5. The summed E-state index contributed by atoms with van der Waals surface area (Å²) >= 11 is 23.8. The Labute approximate surface area is 856 Å². The van der Waals surface area contributed by atoms with Gasteiger partial charge in [0.05, 0.1) is 56.6 Å². The number of aldehydes is 1. The fourth-order valence-electron chi connectivity index (χ4n) is 15.6. The van der Waals surface area contributed by atoms with Crippen LogP contribution >= 0.6 is 46.4 Å². The minimum absolute atomic E-state index is 0. The number of benzene rings is 7. The molecule has 0 bridgehead atoms. The molecule has 0 atom stereocenters. The molecule has 29 heteroatoms. The van der Waals surface area contributed by atoms with Gasteiger partial charge in [-0.3, -0.25) is 19.7 Å². The molecule has 0 unspecified atom stereocenters. The van der Waals surface area contributed by atoms with Crippen LogP contribution in [0.2, 0.25) is 20.4 Å². The van der Waals surface area contributed by atoms with Crippen molar-refractivity contribution in [2.75, 3.05) is 5.32 Å². The normalized spacial score (nSPS) is 15.0. The molecule has 15 rings (SSSR count). The molecule has 138 heavy (non-hydrogen) atoms. The molecule has 10 aromatic rings. The molecule has 0 radical (unpaired) electrons. The quantitative estimate of drug-likeness (QED) is 0.0123. The Kier molecular flexibility index (Phi) is 42.6. The number of carboxylic acid groups (broad SMARTS) is 1. The van der Waals surface area contributed by atoms with Crippen LogP contribution < -0.4 is 39.0 Å². The molecule has 5 aliphatic carbocycles. The Bertz CT molecular complexity index is 5740. The first-order chi connectivity index (χ1) is 63.6. The number of nitrogens with zero attached hydrogens (tertiary/aromatic N) is 4. The summed E-state index contributed by atoms with van der Waals surface area (Å²) in [6, 6.07) is 63.5. The average molecular weight is 1990 g/mol. The summed E-state index contributed by atoms with van der Waals surface area (Å²) in [5, 5.41) is 26.5. The first-order valence-electron chi connectivity index (χ1n) is 45.5. The molecule has 0 aliphatic heterocycles. The Balaban J connectivity index is 0.000000258. The summed E-state index contributed by atoms with van der Waals surface area (Å²) in [6.45, 7) is 38.5. The van der Waals surface area contributed by atoms with Gasteiger partial charge >= 0.3 is 59.5 Å². The Hall–Kier alpha value is -10.9. The number of ether oxygens (including phenoxy) is 5. The predicted molar refractivity (Wildman–Crippen MR) is 547 cm³/mol. The molecule has 732 valence electrons. The molecule has 5 aliphatic rings. The summed E-state index contributed by atoms with van der Waals surface area (Å²) in [5.41, 5.74) is 7.87. The minimum atomic E-state index is -0.717. The topological polar surface area (TPSA) is 306 Å². The largest absolute Gasteiger partial charge is 2.00 e. The number of nitrogens with one attached hydrogen (secondary N) is 5. The smallest absolute Gasteiger partial charge is 1.00 e. The molecule has 5 saturated carbocycles. The van der Waals surface area contributed by atoms with Gasteiger partial charge in [-0.2, -0.15) is 13.8 Å². The van der Waals surface area contributed by atoms with Gasteiger partial charge in [0, 0.05) is 50.9 Å². The summed E-state index contributed by atoms with van der Waals surface area (Å²) in [4.78, 5) is 111. The number of ketones is 1. The number of anilines is 1. The molecule has 23 nitrogen and oxygen atoms in total. The van der Waals surface area contributed by atoms with Crippen LogP contribution in [0.4, 0.5) is 35.3 Å². The summed E-state index contributed by atoms with van der Waals surface area (Å²) in [5.74, 6) is -0.624. The molecular formula is C109H130Cl5MgN9O14. The average Bonchev–Trinajstić information content (AvgIpc) is 0.762. The number of halogens is 5. The number of carboxylic acids is 1. The molecule has 3 aromatic heterocycles. The molecule has 0 spiro atoms. The number of pyridine rings is 3. The van der Waals surface area contributed by atoms with Crippen molar-refractivity contribution in [1.29, 1.82) is 0 Å². The maximum atomic E-state index is 12.5. The zero-order valence-corrected chi connectivity index (χ0v) is 86.5. The van der Waals surface area contributed by atoms with E-state index in [1.807, 2.05) is 231 Å². The van der Waals surface area contributed by atoms with E-state index in [0.717, 1.165) is 163 Å². The predicted octanol–water partition coefficient (Wildman–Crippen LogP) is 25.2. The molecular weight excluding hydrogens is 1860 g/mol. The number of carbonyl (C=O) groups is 8. The van der Waals surface area contributed by atoms with E-state index in [1.54, 1.807) is 51.2 Å². The van der Waals surface area contributed by atoms with Gasteiger partial charge in [-0.15, -0.1) is 0 Å². The maximum Gasteiger partial charge on any atom is 2.00 e. The van der Waals surface area contributed by atoms with Gasteiger partial charge in [0.25, 0.3) is 0 Å². The minimum Gasteiger partial charge on any atom is -1.00 e. The Morgan fingerprint density at radius 3 is 1.14 bits per heavy atom. The van der Waals surface area contributed by atoms with Gasteiger partial charge in [0.1, 0.15) is 38.3 Å². The number of rotatable bonds is 17. The van der Waals surface area contributed by atoms with Crippen LogP contribution in [-0.4, -0.2) is 120 Å². The third kappa shape index (κ3) is 33.4. The van der Waals surface area contributed by atoms with Crippen molar-refractivity contribution in [3.8, 4) is 22.4 Å². The molecule has 5 amide bonds. The second-order valence-corrected chi connectivity index (χ2v) is 40.8. The molecule has 3 heterocycles. The number of amides is 5. The van der Waals surface area contributed by atoms with Crippen molar-refractivity contribution in [3.63, 3.8) is 0 Å².